The molecule has 0 aliphatic rings. The summed E-state index contributed by atoms with van der Waals surface area (Å²) in [7, 11) is 1.63. The van der Waals surface area contributed by atoms with Crippen LogP contribution in [0.4, 0.5) is 5.95 Å². The van der Waals surface area contributed by atoms with Gasteiger partial charge in [-0.15, -0.1) is 0 Å². The predicted molar refractivity (Wildman–Crippen MR) is 101 cm³/mol. The summed E-state index contributed by atoms with van der Waals surface area (Å²) >= 11 is 6.24. The second-order valence-corrected chi connectivity index (χ2v) is 5.76. The normalized spacial score (nSPS) is 11.4. The van der Waals surface area contributed by atoms with E-state index in [4.69, 9.17) is 16.3 Å². The molecule has 0 unspecified atom stereocenters. The fourth-order valence-corrected chi connectivity index (χ4v) is 2.73. The van der Waals surface area contributed by atoms with Gasteiger partial charge in [-0.05, 0) is 36.4 Å². The molecule has 2 aromatic heterocycles. The zero-order chi connectivity index (χ0) is 17.2. The van der Waals surface area contributed by atoms with E-state index in [9.17, 15) is 0 Å². The first-order valence-electron chi connectivity index (χ1n) is 7.61. The highest BCUT2D eigenvalue weighted by molar-refractivity contribution is 6.32. The number of imidazole rings is 1. The summed E-state index contributed by atoms with van der Waals surface area (Å²) in [4.78, 5) is 11.9. The minimum atomic E-state index is 0.382. The van der Waals surface area contributed by atoms with E-state index in [1.54, 1.807) is 13.3 Å². The molecule has 7 heteroatoms. The number of nitrogens with zero attached hydrogens (tertiary/aromatic N) is 3. The molecule has 4 rings (SSSR count). The van der Waals surface area contributed by atoms with Gasteiger partial charge in [0.05, 0.1) is 29.9 Å². The van der Waals surface area contributed by atoms with Gasteiger partial charge in [-0.2, -0.15) is 5.10 Å². The third-order valence-corrected chi connectivity index (χ3v) is 4.07. The number of fused-ring (bicyclic) bond motifs is 2. The number of methoxy groups -OCH3 is 1. The van der Waals surface area contributed by atoms with E-state index in [-0.39, 0.29) is 0 Å². The first-order chi connectivity index (χ1) is 12.2. The van der Waals surface area contributed by atoms with Crippen molar-refractivity contribution in [2.24, 2.45) is 5.10 Å². The molecule has 0 aliphatic carbocycles. The monoisotopic (exact) mass is 351 g/mol. The molecular weight excluding hydrogens is 338 g/mol. The van der Waals surface area contributed by atoms with Gasteiger partial charge in [-0.3, -0.25) is 0 Å². The minimum Gasteiger partial charge on any atom is -0.497 e. The van der Waals surface area contributed by atoms with E-state index < -0.39 is 0 Å². The molecule has 25 heavy (non-hydrogen) atoms. The number of benzene rings is 2. The van der Waals surface area contributed by atoms with Crippen LogP contribution in [-0.4, -0.2) is 28.3 Å². The van der Waals surface area contributed by atoms with Gasteiger partial charge in [0.1, 0.15) is 10.9 Å². The van der Waals surface area contributed by atoms with Crippen molar-refractivity contribution in [2.75, 3.05) is 12.5 Å². The highest BCUT2D eigenvalue weighted by Gasteiger charge is 2.05. The van der Waals surface area contributed by atoms with Gasteiger partial charge >= 0.3 is 0 Å². The van der Waals surface area contributed by atoms with E-state index in [0.29, 0.717) is 16.7 Å². The Morgan fingerprint density at radius 3 is 2.84 bits per heavy atom. The minimum absolute atomic E-state index is 0.382. The number of hydrazone groups is 1. The smallest absolute Gasteiger partial charge is 0.222 e. The molecule has 0 saturated heterocycles. The van der Waals surface area contributed by atoms with Gasteiger partial charge in [0.2, 0.25) is 5.95 Å². The average molecular weight is 352 g/mol. The van der Waals surface area contributed by atoms with Crippen molar-refractivity contribution < 1.29 is 4.74 Å². The van der Waals surface area contributed by atoms with Crippen molar-refractivity contribution in [3.05, 3.63) is 59.2 Å². The highest BCUT2D eigenvalue weighted by Crippen LogP contribution is 2.23. The molecule has 4 aromatic rings. The number of aromatic amines is 1. The number of halogens is 1. The molecule has 0 fully saturated rings. The van der Waals surface area contributed by atoms with Crippen LogP contribution in [-0.2, 0) is 0 Å². The van der Waals surface area contributed by atoms with E-state index >= 15 is 0 Å². The Balaban J connectivity index is 1.60. The Morgan fingerprint density at radius 2 is 2.00 bits per heavy atom. The van der Waals surface area contributed by atoms with Crippen molar-refractivity contribution in [1.29, 1.82) is 0 Å². The second kappa shape index (κ2) is 6.41. The Morgan fingerprint density at radius 1 is 1.12 bits per heavy atom. The van der Waals surface area contributed by atoms with Gasteiger partial charge in [-0.25, -0.2) is 15.4 Å². The maximum Gasteiger partial charge on any atom is 0.222 e. The molecule has 2 N–H and O–H groups in total. The van der Waals surface area contributed by atoms with Gasteiger partial charge in [-0.1, -0.05) is 23.7 Å². The van der Waals surface area contributed by atoms with Crippen LogP contribution in [0.3, 0.4) is 0 Å². The summed E-state index contributed by atoms with van der Waals surface area (Å²) in [5.41, 5.74) is 6.19. The Bertz CT molecular complexity index is 1060. The number of hydrogen-bond acceptors (Lipinski definition) is 5. The molecular formula is C18H14ClN5O. The quantitative estimate of drug-likeness (QED) is 0.328. The Kier molecular flexibility index (Phi) is 3.95. The average Bonchev–Trinajstić information content (AvgIpc) is 3.04. The summed E-state index contributed by atoms with van der Waals surface area (Å²) in [5, 5.41) is 5.50. The lowest BCUT2D eigenvalue weighted by molar-refractivity contribution is 0.415. The first kappa shape index (κ1) is 15.4. The summed E-state index contributed by atoms with van der Waals surface area (Å²) in [6.45, 7) is 0. The third kappa shape index (κ3) is 3.12. The first-order valence-corrected chi connectivity index (χ1v) is 7.99. The number of hydrogen-bond donors (Lipinski definition) is 2. The summed E-state index contributed by atoms with van der Waals surface area (Å²) in [5.74, 6) is 1.32. The van der Waals surface area contributed by atoms with Crippen molar-refractivity contribution in [3.63, 3.8) is 0 Å². The Hall–Kier alpha value is -3.12. The van der Waals surface area contributed by atoms with Crippen LogP contribution in [0.5, 0.6) is 5.75 Å². The van der Waals surface area contributed by atoms with Crippen LogP contribution in [0.25, 0.3) is 21.9 Å². The molecule has 0 radical (unpaired) electrons. The predicted octanol–water partition coefficient (Wildman–Crippen LogP) is 4.22. The molecule has 0 amide bonds. The van der Waals surface area contributed by atoms with Gasteiger partial charge in [0.15, 0.2) is 0 Å². The van der Waals surface area contributed by atoms with Gasteiger partial charge < -0.3 is 9.72 Å². The topological polar surface area (TPSA) is 75.2 Å². The summed E-state index contributed by atoms with van der Waals surface area (Å²) in [6, 6.07) is 15.3. The van der Waals surface area contributed by atoms with Crippen LogP contribution < -0.4 is 10.2 Å². The maximum atomic E-state index is 6.24. The molecule has 0 aliphatic heterocycles. The summed E-state index contributed by atoms with van der Waals surface area (Å²) in [6.07, 6.45) is 1.61. The highest BCUT2D eigenvalue weighted by atomic mass is 35.5. The van der Waals surface area contributed by atoms with Crippen LogP contribution in [0.1, 0.15) is 5.56 Å². The van der Waals surface area contributed by atoms with Crippen LogP contribution >= 0.6 is 11.6 Å². The lowest BCUT2D eigenvalue weighted by Gasteiger charge is -2.04. The molecule has 2 aromatic carbocycles. The molecule has 0 spiro atoms. The number of pyridine rings is 1. The molecule has 6 nitrogen and oxygen atoms in total. The number of rotatable bonds is 4. The number of H-pyrrole nitrogens is 1. The van der Waals surface area contributed by atoms with E-state index in [2.05, 4.69) is 25.5 Å². The molecule has 0 bridgehead atoms. The van der Waals surface area contributed by atoms with E-state index in [1.807, 2.05) is 48.5 Å². The number of anilines is 1. The van der Waals surface area contributed by atoms with Crippen LogP contribution in [0.2, 0.25) is 5.15 Å². The largest absolute Gasteiger partial charge is 0.497 e. The maximum absolute atomic E-state index is 6.24. The third-order valence-electron chi connectivity index (χ3n) is 3.77. The molecule has 0 atom stereocenters. The molecule has 124 valence electrons. The van der Waals surface area contributed by atoms with Crippen molar-refractivity contribution in [3.8, 4) is 5.75 Å². The lowest BCUT2D eigenvalue weighted by atomic mass is 10.1. The number of para-hydroxylation sites is 2. The summed E-state index contributed by atoms with van der Waals surface area (Å²) < 4.78 is 5.24. The number of aromatic nitrogens is 3. The van der Waals surface area contributed by atoms with E-state index in [0.717, 1.165) is 27.7 Å². The number of ether oxygens (including phenoxy) is 1. The SMILES string of the molecule is COc1ccc2nc(Cl)c(/C=N/Nc3nc4ccccc4[nH]3)cc2c1. The van der Waals surface area contributed by atoms with Crippen molar-refractivity contribution in [1.82, 2.24) is 15.0 Å². The van der Waals surface area contributed by atoms with E-state index in [1.165, 1.54) is 0 Å². The Labute approximate surface area is 148 Å². The fraction of sp³-hybridized carbons (Fsp3) is 0.0556. The van der Waals surface area contributed by atoms with Crippen molar-refractivity contribution in [2.45, 2.75) is 0 Å². The standard InChI is InChI=1S/C18H14ClN5O/c1-25-13-6-7-14-11(9-13)8-12(17(19)21-14)10-20-24-18-22-15-4-2-3-5-16(15)23-18/h2-10H,1H3,(H2,22,23,24)/b20-10+. The lowest BCUT2D eigenvalue weighted by Crippen LogP contribution is -1.94. The molecule has 0 saturated carbocycles. The zero-order valence-corrected chi connectivity index (χ0v) is 14.1. The fourth-order valence-electron chi connectivity index (χ4n) is 2.53. The van der Waals surface area contributed by atoms with Crippen LogP contribution in [0.15, 0.2) is 53.6 Å². The number of nitrogens with one attached hydrogen (secondary N) is 2. The zero-order valence-electron chi connectivity index (χ0n) is 13.3. The van der Waals surface area contributed by atoms with Crippen molar-refractivity contribution >= 4 is 45.7 Å². The van der Waals surface area contributed by atoms with Crippen LogP contribution in [0, 0.1) is 0 Å². The molecule has 2 heterocycles. The van der Waals surface area contributed by atoms with Gasteiger partial charge in [0.25, 0.3) is 0 Å². The van der Waals surface area contributed by atoms with Gasteiger partial charge in [0, 0.05) is 10.9 Å². The second-order valence-electron chi connectivity index (χ2n) is 5.40.